The van der Waals surface area contributed by atoms with E-state index in [9.17, 15) is 24.3 Å². The number of ether oxygens (including phenoxy) is 4. The molecule has 4 rings (SSSR count). The van der Waals surface area contributed by atoms with Crippen LogP contribution in [0.15, 0.2) is 41.1 Å². The first kappa shape index (κ1) is 53.6. The predicted octanol–water partition coefficient (Wildman–Crippen LogP) is 7.81. The van der Waals surface area contributed by atoms with Gasteiger partial charge < -0.3 is 44.4 Å². The number of anilines is 1. The molecule has 0 aliphatic carbocycles. The number of esters is 1. The minimum absolute atomic E-state index is 0.0700. The molecule has 0 spiro atoms. The SMILES string of the molecule is CC(C)(C)OC(=O)NCC(Cn1cc(-c2ccc3c(c2)CCC(C(C)(O/N=C(\C(=O)O)c2csc(NC(=O)OC(C)(C)C)n2)C(=O)OC(C)(C)C)O3)c[n+]1CCCN)O[Si](C)(C)C(C)(C)C. The van der Waals surface area contributed by atoms with E-state index >= 15 is 0 Å². The quantitative estimate of drug-likeness (QED) is 0.0253. The number of carboxylic acid groups (broad SMARTS) is 1. The maximum Gasteiger partial charge on any atom is 0.413 e. The second kappa shape index (κ2) is 20.9. The highest BCUT2D eigenvalue weighted by Crippen LogP contribution is 2.39. The van der Waals surface area contributed by atoms with E-state index in [1.807, 2.05) is 39.0 Å². The summed E-state index contributed by atoms with van der Waals surface area (Å²) in [5, 5.41) is 20.9. The summed E-state index contributed by atoms with van der Waals surface area (Å²) in [7, 11) is -2.28. The monoisotopic (exact) mass is 958 g/mol. The number of aliphatic carboxylic acids is 1. The molecule has 2 aromatic heterocycles. The van der Waals surface area contributed by atoms with Crippen LogP contribution in [0.25, 0.3) is 11.1 Å². The predicted molar refractivity (Wildman–Crippen MR) is 254 cm³/mol. The number of carbonyl (C=O) groups excluding carboxylic acids is 3. The number of carbonyl (C=O) groups is 4. The fraction of sp³-hybridized carbons (Fsp3) is 0.630. The Balaban J connectivity index is 1.63. The zero-order valence-electron chi connectivity index (χ0n) is 41.4. The van der Waals surface area contributed by atoms with Crippen LogP contribution in [0, 0.1) is 0 Å². The molecule has 366 valence electrons. The lowest BCUT2D eigenvalue weighted by Gasteiger charge is -2.39. The number of hydrogen-bond acceptors (Lipinski definition) is 14. The number of rotatable bonds is 17. The topological polar surface area (TPSA) is 228 Å². The van der Waals surface area contributed by atoms with Crippen molar-refractivity contribution in [3.8, 4) is 16.9 Å². The van der Waals surface area contributed by atoms with Crippen LogP contribution in [0.3, 0.4) is 0 Å². The zero-order valence-corrected chi connectivity index (χ0v) is 43.2. The number of oxime groups is 1. The molecule has 0 saturated heterocycles. The van der Waals surface area contributed by atoms with Gasteiger partial charge in [-0.3, -0.25) is 5.32 Å². The van der Waals surface area contributed by atoms with Gasteiger partial charge in [0, 0.05) is 18.3 Å². The van der Waals surface area contributed by atoms with Crippen LogP contribution >= 0.6 is 11.3 Å². The zero-order chi connectivity index (χ0) is 49.6. The van der Waals surface area contributed by atoms with Crippen LogP contribution in [0.2, 0.25) is 18.1 Å². The molecule has 0 fully saturated rings. The van der Waals surface area contributed by atoms with E-state index in [-0.39, 0.29) is 28.5 Å². The van der Waals surface area contributed by atoms with Crippen LogP contribution in [0.5, 0.6) is 5.75 Å². The number of thiazole rings is 1. The Bertz CT molecular complexity index is 2230. The molecule has 1 aliphatic rings. The minimum Gasteiger partial charge on any atom is -0.485 e. The summed E-state index contributed by atoms with van der Waals surface area (Å²) in [5.41, 5.74) is 3.76. The van der Waals surface area contributed by atoms with Gasteiger partial charge in [0.2, 0.25) is 11.9 Å². The first-order valence-corrected chi connectivity index (χ1v) is 26.0. The smallest absolute Gasteiger partial charge is 0.413 e. The summed E-state index contributed by atoms with van der Waals surface area (Å²) in [4.78, 5) is 61.7. The average Bonchev–Trinajstić information content (AvgIpc) is 3.79. The van der Waals surface area contributed by atoms with Gasteiger partial charge in [-0.15, -0.1) is 16.0 Å². The molecular formula is C46H72N7O11SSi+. The summed E-state index contributed by atoms with van der Waals surface area (Å²) in [6.07, 6.45) is 3.05. The summed E-state index contributed by atoms with van der Waals surface area (Å²) in [6.45, 7) is 29.9. The third-order valence-corrected chi connectivity index (χ3v) is 16.0. The van der Waals surface area contributed by atoms with Crippen molar-refractivity contribution in [2.45, 2.75) is 175 Å². The first-order chi connectivity index (χ1) is 30.3. The fourth-order valence-corrected chi connectivity index (χ4v) is 8.47. The van der Waals surface area contributed by atoms with Crippen molar-refractivity contribution in [2.24, 2.45) is 10.9 Å². The molecule has 3 unspecified atom stereocenters. The standard InChI is InChI=1S/C46H71N7O11SSi/c1-42(2,3)60-38(56)46(13,64-51-36(37(54)55)33-28-65-39(49-33)50-41(58)62-44(7,8)9)35-20-18-30-23-29(17-19-34(30)59-35)31-25-52(22-16-21-47)53(26-31)27-32(63-66(14,15)45(10,11)12)24-48-40(57)61-43(4,5)6/h17,19,23,25-26,28,32,35H,16,18,20-22,24,27,47H2,1-15H3,(H2-,48,49,50,54,55,57,58)/p+1/b51-36-. The number of fused-ring (bicyclic) bond motifs is 1. The number of carboxylic acids is 1. The highest BCUT2D eigenvalue weighted by molar-refractivity contribution is 7.14. The van der Waals surface area contributed by atoms with Gasteiger partial charge >= 0.3 is 24.1 Å². The summed E-state index contributed by atoms with van der Waals surface area (Å²) < 4.78 is 34.2. The molecule has 5 N–H and O–H groups in total. The lowest BCUT2D eigenvalue weighted by Crippen LogP contribution is -2.54. The molecule has 3 aromatic rings. The van der Waals surface area contributed by atoms with Gasteiger partial charge in [-0.25, -0.2) is 24.2 Å². The van der Waals surface area contributed by atoms with Crippen LogP contribution in [-0.4, -0.2) is 101 Å². The van der Waals surface area contributed by atoms with Gasteiger partial charge in [-0.1, -0.05) is 32.0 Å². The van der Waals surface area contributed by atoms with Gasteiger partial charge in [0.25, 0.3) is 5.60 Å². The number of amides is 2. The van der Waals surface area contributed by atoms with Crippen molar-refractivity contribution >= 4 is 54.6 Å². The second-order valence-electron chi connectivity index (χ2n) is 21.1. The Kier molecular flexibility index (Phi) is 16.9. The third-order valence-electron chi connectivity index (χ3n) is 10.7. The lowest BCUT2D eigenvalue weighted by molar-refractivity contribution is -0.775. The first-order valence-electron chi connectivity index (χ1n) is 22.2. The van der Waals surface area contributed by atoms with Crippen molar-refractivity contribution in [1.29, 1.82) is 0 Å². The molecule has 0 bridgehead atoms. The highest BCUT2D eigenvalue weighted by Gasteiger charge is 2.51. The molecular weight excluding hydrogens is 887 g/mol. The number of hydrogen-bond donors (Lipinski definition) is 4. The summed E-state index contributed by atoms with van der Waals surface area (Å²) >= 11 is 0.962. The molecule has 20 heteroatoms. The minimum atomic E-state index is -2.28. The van der Waals surface area contributed by atoms with Gasteiger partial charge in [-0.05, 0) is 130 Å². The van der Waals surface area contributed by atoms with Crippen molar-refractivity contribution in [3.05, 3.63) is 47.2 Å². The largest absolute Gasteiger partial charge is 0.485 e. The maximum atomic E-state index is 14.0. The molecule has 1 aromatic carbocycles. The van der Waals surface area contributed by atoms with Crippen LogP contribution in [-0.2, 0) is 52.6 Å². The fourth-order valence-electron chi connectivity index (χ4n) is 6.44. The van der Waals surface area contributed by atoms with Gasteiger partial charge in [-0.2, -0.15) is 4.68 Å². The molecule has 3 heterocycles. The Morgan fingerprint density at radius 2 is 1.61 bits per heavy atom. The third kappa shape index (κ3) is 15.2. The maximum absolute atomic E-state index is 14.0. The molecule has 0 radical (unpaired) electrons. The molecule has 3 atom stereocenters. The number of benzene rings is 1. The molecule has 1 aliphatic heterocycles. The number of aryl methyl sites for hydroxylation is 2. The van der Waals surface area contributed by atoms with E-state index in [0.717, 1.165) is 34.4 Å². The van der Waals surface area contributed by atoms with Gasteiger partial charge in [0.15, 0.2) is 26.1 Å². The number of nitrogens with two attached hydrogens (primary N) is 1. The second-order valence-corrected chi connectivity index (χ2v) is 26.7. The van der Waals surface area contributed by atoms with Crippen molar-refractivity contribution < 1.29 is 57.2 Å². The summed E-state index contributed by atoms with van der Waals surface area (Å²) in [6, 6.07) is 5.81. The summed E-state index contributed by atoms with van der Waals surface area (Å²) in [5.74, 6) is -1.77. The van der Waals surface area contributed by atoms with Gasteiger partial charge in [0.1, 0.15) is 34.8 Å². The van der Waals surface area contributed by atoms with E-state index in [4.69, 9.17) is 33.9 Å². The van der Waals surface area contributed by atoms with Crippen molar-refractivity contribution in [3.63, 3.8) is 0 Å². The molecule has 66 heavy (non-hydrogen) atoms. The Labute approximate surface area is 394 Å². The van der Waals surface area contributed by atoms with Crippen molar-refractivity contribution in [1.82, 2.24) is 15.0 Å². The number of alkyl carbamates (subject to hydrolysis) is 1. The van der Waals surface area contributed by atoms with E-state index in [1.54, 1.807) is 41.5 Å². The number of nitrogens with one attached hydrogen (secondary N) is 2. The number of aromatic nitrogens is 3. The molecule has 2 amide bonds. The highest BCUT2D eigenvalue weighted by atomic mass is 32.1. The molecule has 18 nitrogen and oxygen atoms in total. The Morgan fingerprint density at radius 3 is 2.20 bits per heavy atom. The Hall–Kier alpha value is -5.05. The van der Waals surface area contributed by atoms with Crippen LogP contribution in [0.1, 0.15) is 114 Å². The average molecular weight is 959 g/mol. The van der Waals surface area contributed by atoms with E-state index in [1.165, 1.54) is 12.3 Å². The molecule has 0 saturated carbocycles. The van der Waals surface area contributed by atoms with E-state index in [0.29, 0.717) is 38.2 Å². The number of nitrogens with zero attached hydrogens (tertiary/aromatic N) is 4. The lowest BCUT2D eigenvalue weighted by atomic mass is 9.89. The van der Waals surface area contributed by atoms with Gasteiger partial charge in [0.05, 0.1) is 17.9 Å². The van der Waals surface area contributed by atoms with Crippen LogP contribution < -0.4 is 25.8 Å². The normalized spacial score (nSPS) is 16.2. The Morgan fingerprint density at radius 1 is 0.970 bits per heavy atom. The van der Waals surface area contributed by atoms with E-state index in [2.05, 4.69) is 76.4 Å². The van der Waals surface area contributed by atoms with Crippen molar-refractivity contribution in [2.75, 3.05) is 18.4 Å². The van der Waals surface area contributed by atoms with E-state index < -0.39 is 66.7 Å². The van der Waals surface area contributed by atoms with Crippen LogP contribution in [0.4, 0.5) is 14.7 Å².